The number of anilines is 2. The van der Waals surface area contributed by atoms with E-state index in [1.54, 1.807) is 0 Å². The van der Waals surface area contributed by atoms with Gasteiger partial charge < -0.3 is 19.7 Å². The van der Waals surface area contributed by atoms with Crippen molar-refractivity contribution in [2.75, 3.05) is 29.4 Å². The van der Waals surface area contributed by atoms with Gasteiger partial charge in [0.1, 0.15) is 22.9 Å². The van der Waals surface area contributed by atoms with Crippen LogP contribution in [0.1, 0.15) is 16.1 Å². The molecule has 1 aromatic heterocycles. The molecular weight excluding hydrogens is 477 g/mol. The molecule has 34 heavy (non-hydrogen) atoms. The molecule has 2 aromatic carbocycles. The smallest absolute Gasteiger partial charge is 0.416 e. The number of aliphatic hydroxyl groups is 1. The Morgan fingerprint density at radius 2 is 1.91 bits per heavy atom. The number of imidazole rings is 1. The minimum Gasteiger partial charge on any atom is -0.490 e. The molecule has 13 heteroatoms. The summed E-state index contributed by atoms with van der Waals surface area (Å²) in [6.07, 6.45) is -1.87. The highest BCUT2D eigenvalue weighted by Gasteiger charge is 2.34. The maximum absolute atomic E-state index is 13.4. The topological polar surface area (TPSA) is 114 Å². The molecule has 3 aromatic rings. The van der Waals surface area contributed by atoms with Crippen molar-refractivity contribution >= 4 is 27.3 Å². The number of aromatic nitrogens is 2. The molecule has 2 N–H and O–H groups in total. The predicted molar refractivity (Wildman–Crippen MR) is 115 cm³/mol. The molecule has 4 rings (SSSR count). The van der Waals surface area contributed by atoms with Crippen molar-refractivity contribution in [1.29, 1.82) is 0 Å². The van der Waals surface area contributed by atoms with Crippen molar-refractivity contribution in [2.24, 2.45) is 0 Å². The number of ether oxygens (including phenoxy) is 1. The van der Waals surface area contributed by atoms with Gasteiger partial charge in [-0.15, -0.1) is 0 Å². The Balaban J connectivity index is 1.64. The Labute approximate surface area is 192 Å². The van der Waals surface area contributed by atoms with Gasteiger partial charge >= 0.3 is 6.18 Å². The van der Waals surface area contributed by atoms with Gasteiger partial charge in [-0.1, -0.05) is 0 Å². The Bertz CT molecular complexity index is 1310. The van der Waals surface area contributed by atoms with E-state index in [0.717, 1.165) is 28.6 Å². The largest absolute Gasteiger partial charge is 0.490 e. The van der Waals surface area contributed by atoms with E-state index in [-0.39, 0.29) is 54.0 Å². The second kappa shape index (κ2) is 8.99. The molecule has 0 radical (unpaired) electrons. The zero-order valence-corrected chi connectivity index (χ0v) is 18.3. The van der Waals surface area contributed by atoms with Gasteiger partial charge in [-0.3, -0.25) is 9.10 Å². The highest BCUT2D eigenvalue weighted by Crippen LogP contribution is 2.36. The summed E-state index contributed by atoms with van der Waals surface area (Å²) in [5.74, 6) is -0.518. The molecule has 0 spiro atoms. The van der Waals surface area contributed by atoms with Gasteiger partial charge in [0.15, 0.2) is 0 Å². The number of hydrogen-bond acceptors (Lipinski definition) is 6. The monoisotopic (exact) mass is 496 g/mol. The Morgan fingerprint density at radius 1 is 1.18 bits per heavy atom. The molecule has 0 unspecified atom stereocenters. The molecule has 0 fully saturated rings. The fraction of sp³-hybridized carbons (Fsp3) is 0.238. The summed E-state index contributed by atoms with van der Waals surface area (Å²) in [4.78, 5) is 16.3. The first-order valence-electron chi connectivity index (χ1n) is 10.0. The molecule has 0 saturated carbocycles. The first-order chi connectivity index (χ1) is 16.1. The standard InChI is InChI=1S/C21H19F3N4O5S/c22-21(23,24)14-1-4-16(5-2-14)28-8-10-33-18-6-3-15(11-19(18)34(28,31)32)26-20(30)17-12-25-13-27(17)7-9-29/h1-6,11-13,29H,7-10H2,(H,26,30). The Kier molecular flexibility index (Phi) is 6.23. The minimum absolute atomic E-state index is 0.0285. The van der Waals surface area contributed by atoms with Crippen LogP contribution < -0.4 is 14.4 Å². The first kappa shape index (κ1) is 23.6. The molecule has 1 aliphatic heterocycles. The van der Waals surface area contributed by atoms with E-state index in [0.29, 0.717) is 0 Å². The number of nitrogens with zero attached hydrogens (tertiary/aromatic N) is 3. The molecule has 0 saturated heterocycles. The fourth-order valence-electron chi connectivity index (χ4n) is 3.46. The zero-order valence-electron chi connectivity index (χ0n) is 17.5. The van der Waals surface area contributed by atoms with Crippen molar-refractivity contribution in [2.45, 2.75) is 17.6 Å². The highest BCUT2D eigenvalue weighted by molar-refractivity contribution is 7.93. The van der Waals surface area contributed by atoms with E-state index in [9.17, 15) is 26.4 Å². The normalized spacial score (nSPS) is 15.2. The van der Waals surface area contributed by atoms with Crippen LogP contribution in [0.5, 0.6) is 5.75 Å². The molecule has 1 aliphatic rings. The summed E-state index contributed by atoms with van der Waals surface area (Å²) in [5, 5.41) is 11.7. The number of aliphatic hydroxyl groups excluding tert-OH is 1. The van der Waals surface area contributed by atoms with E-state index in [4.69, 9.17) is 9.84 Å². The second-order valence-electron chi connectivity index (χ2n) is 7.28. The maximum atomic E-state index is 13.4. The van der Waals surface area contributed by atoms with Crippen LogP contribution in [0.4, 0.5) is 24.5 Å². The van der Waals surface area contributed by atoms with Crippen LogP contribution in [0, 0.1) is 0 Å². The van der Waals surface area contributed by atoms with Crippen molar-refractivity contribution < 1.29 is 36.2 Å². The van der Waals surface area contributed by atoms with Crippen molar-refractivity contribution in [3.8, 4) is 5.75 Å². The van der Waals surface area contributed by atoms with Crippen molar-refractivity contribution in [1.82, 2.24) is 9.55 Å². The average Bonchev–Trinajstić information content (AvgIpc) is 3.20. The lowest BCUT2D eigenvalue weighted by molar-refractivity contribution is -0.137. The van der Waals surface area contributed by atoms with Crippen LogP contribution in [0.25, 0.3) is 0 Å². The lowest BCUT2D eigenvalue weighted by Gasteiger charge is -2.22. The summed E-state index contributed by atoms with van der Waals surface area (Å²) in [5.41, 5.74) is -0.534. The van der Waals surface area contributed by atoms with Gasteiger partial charge in [0.2, 0.25) is 0 Å². The Morgan fingerprint density at radius 3 is 2.59 bits per heavy atom. The Hall–Kier alpha value is -3.58. The summed E-state index contributed by atoms with van der Waals surface area (Å²) >= 11 is 0. The van der Waals surface area contributed by atoms with Gasteiger partial charge in [-0.05, 0) is 42.5 Å². The fourth-order valence-corrected chi connectivity index (χ4v) is 5.07. The minimum atomic E-state index is -4.55. The van der Waals surface area contributed by atoms with Crippen molar-refractivity contribution in [3.63, 3.8) is 0 Å². The number of sulfonamides is 1. The predicted octanol–water partition coefficient (Wildman–Crippen LogP) is 2.73. The van der Waals surface area contributed by atoms with Crippen LogP contribution >= 0.6 is 0 Å². The number of nitrogens with one attached hydrogen (secondary N) is 1. The zero-order chi connectivity index (χ0) is 24.5. The third-order valence-electron chi connectivity index (χ3n) is 5.09. The molecule has 180 valence electrons. The van der Waals surface area contributed by atoms with E-state index in [1.165, 1.54) is 35.3 Å². The van der Waals surface area contributed by atoms with Gasteiger partial charge in [0.25, 0.3) is 15.9 Å². The summed E-state index contributed by atoms with van der Waals surface area (Å²) in [6, 6.07) is 7.86. The lowest BCUT2D eigenvalue weighted by Crippen LogP contribution is -2.32. The number of alkyl halides is 3. The van der Waals surface area contributed by atoms with Crippen LogP contribution in [0.2, 0.25) is 0 Å². The molecule has 0 aliphatic carbocycles. The number of rotatable bonds is 5. The van der Waals surface area contributed by atoms with E-state index >= 15 is 0 Å². The molecule has 0 atom stereocenters. The lowest BCUT2D eigenvalue weighted by atomic mass is 10.2. The quantitative estimate of drug-likeness (QED) is 0.562. The number of fused-ring (bicyclic) bond motifs is 1. The van der Waals surface area contributed by atoms with E-state index in [2.05, 4.69) is 10.3 Å². The third kappa shape index (κ3) is 4.56. The van der Waals surface area contributed by atoms with Gasteiger partial charge in [-0.25, -0.2) is 13.4 Å². The van der Waals surface area contributed by atoms with Crippen LogP contribution in [0.3, 0.4) is 0 Å². The molecular formula is C21H19F3N4O5S. The second-order valence-corrected chi connectivity index (χ2v) is 9.11. The number of carbonyl (C=O) groups excluding carboxylic acids is 1. The average molecular weight is 496 g/mol. The number of amides is 1. The van der Waals surface area contributed by atoms with Crippen LogP contribution in [-0.2, 0) is 22.7 Å². The number of carbonyl (C=O) groups is 1. The molecule has 0 bridgehead atoms. The first-order valence-corrected chi connectivity index (χ1v) is 11.4. The summed E-state index contributed by atoms with van der Waals surface area (Å²) in [7, 11) is -4.22. The van der Waals surface area contributed by atoms with Gasteiger partial charge in [-0.2, -0.15) is 13.2 Å². The highest BCUT2D eigenvalue weighted by atomic mass is 32.2. The van der Waals surface area contributed by atoms with Crippen LogP contribution in [-0.4, -0.2) is 48.7 Å². The number of hydrogen-bond donors (Lipinski definition) is 2. The van der Waals surface area contributed by atoms with E-state index in [1.807, 2.05) is 0 Å². The van der Waals surface area contributed by atoms with Crippen LogP contribution in [0.15, 0.2) is 59.9 Å². The van der Waals surface area contributed by atoms with Gasteiger partial charge in [0, 0.05) is 12.2 Å². The SMILES string of the molecule is O=C(Nc1ccc2c(c1)S(=O)(=O)N(c1ccc(C(F)(F)F)cc1)CCO2)c1cncn1CCO. The van der Waals surface area contributed by atoms with Crippen molar-refractivity contribution in [3.05, 3.63) is 66.2 Å². The summed E-state index contributed by atoms with van der Waals surface area (Å²) in [6.45, 7) is -0.203. The molecule has 9 nitrogen and oxygen atoms in total. The number of halogens is 3. The third-order valence-corrected chi connectivity index (χ3v) is 6.94. The number of benzene rings is 2. The van der Waals surface area contributed by atoms with Gasteiger partial charge in [0.05, 0.1) is 36.9 Å². The van der Waals surface area contributed by atoms with E-state index < -0.39 is 27.7 Å². The molecule has 2 heterocycles. The maximum Gasteiger partial charge on any atom is 0.416 e. The summed E-state index contributed by atoms with van der Waals surface area (Å²) < 4.78 is 73.4. The molecule has 1 amide bonds.